The number of benzene rings is 2. The number of aromatic nitrogens is 2. The molecule has 0 bridgehead atoms. The summed E-state index contributed by atoms with van der Waals surface area (Å²) in [4.78, 5) is 4.35. The van der Waals surface area contributed by atoms with E-state index in [1.54, 1.807) is 6.07 Å². The number of rotatable bonds is 2. The van der Waals surface area contributed by atoms with Crippen LogP contribution in [-0.2, 0) is 5.88 Å². The summed E-state index contributed by atoms with van der Waals surface area (Å²) in [7, 11) is 0. The summed E-state index contributed by atoms with van der Waals surface area (Å²) < 4.78 is 15.4. The van der Waals surface area contributed by atoms with Gasteiger partial charge in [0.05, 0.1) is 32.6 Å². The molecule has 3 rings (SSSR count). The number of nitrogens with zero attached hydrogens (tertiary/aromatic N) is 2. The van der Waals surface area contributed by atoms with E-state index in [1.807, 2.05) is 23.6 Å². The third-order valence-electron chi connectivity index (χ3n) is 3.23. The van der Waals surface area contributed by atoms with Crippen molar-refractivity contribution in [2.45, 2.75) is 12.8 Å². The van der Waals surface area contributed by atoms with Crippen molar-refractivity contribution in [1.29, 1.82) is 0 Å². The van der Waals surface area contributed by atoms with Crippen LogP contribution in [0.2, 0.25) is 10.0 Å². The predicted octanol–water partition coefficient (Wildman–Crippen LogP) is 5.52. The van der Waals surface area contributed by atoms with E-state index in [0.717, 1.165) is 11.3 Å². The van der Waals surface area contributed by atoms with Gasteiger partial charge < -0.3 is 0 Å². The van der Waals surface area contributed by atoms with E-state index in [-0.39, 0.29) is 10.9 Å². The summed E-state index contributed by atoms with van der Waals surface area (Å²) in [5.41, 5.74) is 2.96. The van der Waals surface area contributed by atoms with E-state index in [1.165, 1.54) is 12.1 Å². The predicted molar refractivity (Wildman–Crippen MR) is 85.3 cm³/mol. The highest BCUT2D eigenvalue weighted by Crippen LogP contribution is 2.31. The molecule has 0 radical (unpaired) electrons. The maximum Gasteiger partial charge on any atom is 0.144 e. The minimum absolute atomic E-state index is 0.0357. The lowest BCUT2D eigenvalue weighted by molar-refractivity contribution is 0.630. The Morgan fingerprint density at radius 1 is 1.14 bits per heavy atom. The summed E-state index contributed by atoms with van der Waals surface area (Å²) in [6, 6.07) is 8.48. The molecule has 0 amide bonds. The van der Waals surface area contributed by atoms with Gasteiger partial charge >= 0.3 is 0 Å². The van der Waals surface area contributed by atoms with Crippen LogP contribution >= 0.6 is 34.8 Å². The van der Waals surface area contributed by atoms with Crippen molar-refractivity contribution >= 4 is 45.8 Å². The van der Waals surface area contributed by atoms with E-state index in [0.29, 0.717) is 21.9 Å². The van der Waals surface area contributed by atoms with Gasteiger partial charge in [0.1, 0.15) is 11.6 Å². The molecule has 0 fully saturated rings. The van der Waals surface area contributed by atoms with Crippen molar-refractivity contribution in [3.05, 3.63) is 57.6 Å². The van der Waals surface area contributed by atoms with Crippen LogP contribution < -0.4 is 0 Å². The highest BCUT2D eigenvalue weighted by Gasteiger charge is 2.16. The molecule has 6 heteroatoms. The first-order valence-electron chi connectivity index (χ1n) is 6.20. The van der Waals surface area contributed by atoms with Gasteiger partial charge in [0.25, 0.3) is 0 Å². The third-order valence-corrected chi connectivity index (χ3v) is 4.08. The summed E-state index contributed by atoms with van der Waals surface area (Å²) in [6.45, 7) is 1.96. The molecule has 2 nitrogen and oxygen atoms in total. The molecule has 1 heterocycles. The molecule has 0 saturated carbocycles. The molecule has 0 aliphatic rings. The van der Waals surface area contributed by atoms with Crippen LogP contribution in [0.25, 0.3) is 16.7 Å². The monoisotopic (exact) mass is 342 g/mol. The smallest absolute Gasteiger partial charge is 0.144 e. The average molecular weight is 344 g/mol. The Hall–Kier alpha value is -1.29. The van der Waals surface area contributed by atoms with E-state index < -0.39 is 5.82 Å². The summed E-state index contributed by atoms with van der Waals surface area (Å²) in [5.74, 6) is 0.254. The van der Waals surface area contributed by atoms with Crippen LogP contribution in [0.1, 0.15) is 11.4 Å². The largest absolute Gasteiger partial charge is 0.294 e. The van der Waals surface area contributed by atoms with Crippen molar-refractivity contribution in [2.24, 2.45) is 0 Å². The molecular weight excluding hydrogens is 334 g/mol. The Bertz CT molecular complexity index is 843. The van der Waals surface area contributed by atoms with Crippen molar-refractivity contribution in [3.8, 4) is 5.69 Å². The number of halogens is 4. The quantitative estimate of drug-likeness (QED) is 0.560. The zero-order valence-corrected chi connectivity index (χ0v) is 13.3. The lowest BCUT2D eigenvalue weighted by Gasteiger charge is -2.11. The van der Waals surface area contributed by atoms with Gasteiger partial charge in [-0.3, -0.25) is 4.57 Å². The second-order valence-electron chi connectivity index (χ2n) is 4.71. The Balaban J connectivity index is 2.40. The maximum atomic E-state index is 13.6. The molecule has 0 atom stereocenters. The zero-order chi connectivity index (χ0) is 15.1. The first-order valence-corrected chi connectivity index (χ1v) is 7.49. The summed E-state index contributed by atoms with van der Waals surface area (Å²) in [5, 5.41) is 0.597. The Kier molecular flexibility index (Phi) is 3.82. The normalized spacial score (nSPS) is 11.3. The number of aryl methyl sites for hydroxylation is 1. The maximum absolute atomic E-state index is 13.6. The van der Waals surface area contributed by atoms with E-state index >= 15 is 0 Å². The van der Waals surface area contributed by atoms with Gasteiger partial charge in [0, 0.05) is 6.07 Å². The van der Waals surface area contributed by atoms with Crippen LogP contribution in [0, 0.1) is 12.7 Å². The fraction of sp³-hybridized carbons (Fsp3) is 0.133. The molecule has 0 unspecified atom stereocenters. The average Bonchev–Trinajstić information content (AvgIpc) is 2.79. The highest BCUT2D eigenvalue weighted by atomic mass is 35.5. The number of hydrogen-bond donors (Lipinski definition) is 0. The fourth-order valence-corrected chi connectivity index (χ4v) is 2.81. The molecule has 1 aromatic heterocycles. The van der Waals surface area contributed by atoms with Gasteiger partial charge in [0.2, 0.25) is 0 Å². The van der Waals surface area contributed by atoms with Gasteiger partial charge in [-0.15, -0.1) is 11.6 Å². The van der Waals surface area contributed by atoms with Gasteiger partial charge in [-0.1, -0.05) is 29.3 Å². The summed E-state index contributed by atoms with van der Waals surface area (Å²) in [6.07, 6.45) is 0. The zero-order valence-electron chi connectivity index (χ0n) is 11.0. The second-order valence-corrected chi connectivity index (χ2v) is 5.79. The lowest BCUT2D eigenvalue weighted by Crippen LogP contribution is -2.00. The van der Waals surface area contributed by atoms with E-state index in [9.17, 15) is 4.39 Å². The van der Waals surface area contributed by atoms with Crippen molar-refractivity contribution < 1.29 is 4.39 Å². The van der Waals surface area contributed by atoms with Crippen LogP contribution in [0.3, 0.4) is 0 Å². The molecule has 3 aromatic rings. The van der Waals surface area contributed by atoms with Crippen LogP contribution in [0.4, 0.5) is 4.39 Å². The van der Waals surface area contributed by atoms with Crippen molar-refractivity contribution in [2.75, 3.05) is 0 Å². The lowest BCUT2D eigenvalue weighted by atomic mass is 10.2. The molecule has 108 valence electrons. The molecule has 0 aliphatic carbocycles. The number of alkyl halides is 1. The Labute approximate surface area is 136 Å². The van der Waals surface area contributed by atoms with E-state index in [2.05, 4.69) is 4.98 Å². The molecule has 0 spiro atoms. The number of hydrogen-bond acceptors (Lipinski definition) is 1. The Morgan fingerprint density at radius 2 is 1.90 bits per heavy atom. The SMILES string of the molecule is Cc1ccc(Cl)c(-n2c(CCl)nc3cc(F)c(Cl)cc32)c1. The van der Waals surface area contributed by atoms with Gasteiger partial charge in [-0.25, -0.2) is 9.37 Å². The molecule has 0 saturated heterocycles. The Morgan fingerprint density at radius 3 is 2.62 bits per heavy atom. The van der Waals surface area contributed by atoms with E-state index in [4.69, 9.17) is 34.8 Å². The molecular formula is C15H10Cl3FN2. The first kappa shape index (κ1) is 14.6. The summed E-state index contributed by atoms with van der Waals surface area (Å²) >= 11 is 18.1. The van der Waals surface area contributed by atoms with Gasteiger partial charge in [-0.2, -0.15) is 0 Å². The van der Waals surface area contributed by atoms with Crippen LogP contribution in [0.15, 0.2) is 30.3 Å². The topological polar surface area (TPSA) is 17.8 Å². The molecule has 0 N–H and O–H groups in total. The molecule has 0 aliphatic heterocycles. The molecule has 2 aromatic carbocycles. The third kappa shape index (κ3) is 2.50. The van der Waals surface area contributed by atoms with Crippen molar-refractivity contribution in [3.63, 3.8) is 0 Å². The fourth-order valence-electron chi connectivity index (χ4n) is 2.28. The number of fused-ring (bicyclic) bond motifs is 1. The van der Waals surface area contributed by atoms with Crippen LogP contribution in [-0.4, -0.2) is 9.55 Å². The standard InChI is InChI=1S/C15H10Cl3FN2/c1-8-2-3-9(17)13(4-8)21-14-5-10(18)11(19)6-12(14)20-15(21)7-16/h2-6H,7H2,1H3. The second kappa shape index (κ2) is 5.48. The first-order chi connectivity index (χ1) is 10.0. The highest BCUT2D eigenvalue weighted by molar-refractivity contribution is 6.32. The minimum atomic E-state index is -0.509. The minimum Gasteiger partial charge on any atom is -0.294 e. The molecule has 21 heavy (non-hydrogen) atoms. The number of imidazole rings is 1. The van der Waals surface area contributed by atoms with Gasteiger partial charge in [-0.05, 0) is 30.7 Å². The van der Waals surface area contributed by atoms with Crippen molar-refractivity contribution in [1.82, 2.24) is 9.55 Å². The van der Waals surface area contributed by atoms with Gasteiger partial charge in [0.15, 0.2) is 0 Å². The van der Waals surface area contributed by atoms with Crippen LogP contribution in [0.5, 0.6) is 0 Å².